The van der Waals surface area contributed by atoms with Crippen LogP contribution in [0, 0.1) is 6.92 Å². The number of aryl methyl sites for hydroxylation is 1. The summed E-state index contributed by atoms with van der Waals surface area (Å²) >= 11 is 7.89. The smallest absolute Gasteiger partial charge is 0.341 e. The molecule has 5 rings (SSSR count). The maximum absolute atomic E-state index is 12.6. The Labute approximate surface area is 186 Å². The van der Waals surface area contributed by atoms with Gasteiger partial charge in [0.15, 0.2) is 5.43 Å². The van der Waals surface area contributed by atoms with Crippen LogP contribution in [0.3, 0.4) is 0 Å². The van der Waals surface area contributed by atoms with Crippen molar-refractivity contribution in [2.45, 2.75) is 23.5 Å². The van der Waals surface area contributed by atoms with Crippen molar-refractivity contribution in [2.75, 3.05) is 0 Å². The van der Waals surface area contributed by atoms with Crippen molar-refractivity contribution < 1.29 is 9.90 Å². The van der Waals surface area contributed by atoms with Crippen molar-refractivity contribution in [3.63, 3.8) is 0 Å². The molecule has 1 aliphatic rings. The highest BCUT2D eigenvalue weighted by Crippen LogP contribution is 2.45. The molecule has 0 amide bonds. The summed E-state index contributed by atoms with van der Waals surface area (Å²) in [7, 11) is 0. The van der Waals surface area contributed by atoms with Gasteiger partial charge in [-0.05, 0) is 42.8 Å². The van der Waals surface area contributed by atoms with Gasteiger partial charge in [-0.3, -0.25) is 14.8 Å². The Hall–Kier alpha value is -3.16. The number of aromatic carboxylic acids is 1. The molecule has 0 saturated carbocycles. The van der Waals surface area contributed by atoms with Gasteiger partial charge in [0.05, 0.1) is 16.7 Å². The number of carbonyl (C=O) groups is 1. The number of hydrogen-bond donors (Lipinski definition) is 1. The first-order valence-electron chi connectivity index (χ1n) is 9.58. The fraction of sp³-hybridized carbons (Fsp3) is 0.130. The molecule has 31 heavy (non-hydrogen) atoms. The largest absolute Gasteiger partial charge is 0.477 e. The van der Waals surface area contributed by atoms with E-state index in [9.17, 15) is 14.7 Å². The number of aromatic nitrogens is 3. The molecule has 2 aromatic heterocycles. The van der Waals surface area contributed by atoms with Gasteiger partial charge in [-0.15, -0.1) is 11.8 Å². The van der Waals surface area contributed by atoms with Crippen molar-refractivity contribution in [2.24, 2.45) is 0 Å². The number of carboxylic acids is 1. The molecule has 0 spiro atoms. The molecule has 0 bridgehead atoms. The second-order valence-corrected chi connectivity index (χ2v) is 9.02. The van der Waals surface area contributed by atoms with E-state index in [4.69, 9.17) is 11.6 Å². The van der Waals surface area contributed by atoms with E-state index in [0.29, 0.717) is 22.8 Å². The first kappa shape index (κ1) is 19.8. The third kappa shape index (κ3) is 3.40. The lowest BCUT2D eigenvalue weighted by molar-refractivity contribution is 0.0693. The van der Waals surface area contributed by atoms with E-state index in [-0.39, 0.29) is 10.8 Å². The Morgan fingerprint density at radius 1 is 1.13 bits per heavy atom. The normalized spacial score (nSPS) is 15.2. The van der Waals surface area contributed by atoms with Crippen LogP contribution in [-0.2, 0) is 6.42 Å². The minimum atomic E-state index is -1.22. The zero-order chi connectivity index (χ0) is 21.7. The van der Waals surface area contributed by atoms with Crippen LogP contribution in [0.2, 0.25) is 5.02 Å². The van der Waals surface area contributed by atoms with E-state index in [1.165, 1.54) is 6.07 Å². The maximum Gasteiger partial charge on any atom is 0.341 e. The second kappa shape index (κ2) is 7.51. The van der Waals surface area contributed by atoms with Crippen molar-refractivity contribution in [3.8, 4) is 5.69 Å². The molecule has 0 radical (unpaired) electrons. The van der Waals surface area contributed by atoms with Gasteiger partial charge in [-0.2, -0.15) is 0 Å². The summed E-state index contributed by atoms with van der Waals surface area (Å²) in [6.45, 7) is 1.81. The van der Waals surface area contributed by atoms with E-state index >= 15 is 0 Å². The minimum Gasteiger partial charge on any atom is -0.477 e. The van der Waals surface area contributed by atoms with Crippen LogP contribution in [0.5, 0.6) is 0 Å². The van der Waals surface area contributed by atoms with Gasteiger partial charge in [-0.25, -0.2) is 4.79 Å². The number of hydrogen-bond acceptors (Lipinski definition) is 5. The lowest BCUT2D eigenvalue weighted by Crippen LogP contribution is -2.24. The Kier molecular flexibility index (Phi) is 4.79. The zero-order valence-electron chi connectivity index (χ0n) is 16.4. The molecule has 1 N–H and O–H groups in total. The summed E-state index contributed by atoms with van der Waals surface area (Å²) < 4.78 is 1.87. The van der Waals surface area contributed by atoms with E-state index in [0.717, 1.165) is 27.2 Å². The molecule has 0 fully saturated rings. The first-order chi connectivity index (χ1) is 14.9. The first-order valence-corrected chi connectivity index (χ1v) is 10.8. The standard InChI is InChI=1S/C23H16ClN3O3S/c1-12-8-19(28)22(23(29)30)18-11-20(13-2-4-15-16(9-13)26-7-6-25-15)31-21-10-14(24)3-5-17(21)27(12)18/h2-10,20H,11H2,1H3,(H,29,30). The van der Waals surface area contributed by atoms with Crippen molar-refractivity contribution in [1.29, 1.82) is 0 Å². The molecule has 1 unspecified atom stereocenters. The molecular formula is C23H16ClN3O3S. The van der Waals surface area contributed by atoms with Crippen LogP contribution < -0.4 is 5.43 Å². The maximum atomic E-state index is 12.6. The van der Waals surface area contributed by atoms with Gasteiger partial charge >= 0.3 is 5.97 Å². The highest BCUT2D eigenvalue weighted by atomic mass is 35.5. The fourth-order valence-electron chi connectivity index (χ4n) is 4.05. The average molecular weight is 450 g/mol. The van der Waals surface area contributed by atoms with Crippen LogP contribution in [-0.4, -0.2) is 25.6 Å². The molecule has 1 aliphatic heterocycles. The predicted molar refractivity (Wildman–Crippen MR) is 121 cm³/mol. The Morgan fingerprint density at radius 2 is 1.90 bits per heavy atom. The van der Waals surface area contributed by atoms with Crippen LogP contribution in [0.4, 0.5) is 0 Å². The number of nitrogens with zero attached hydrogens (tertiary/aromatic N) is 3. The number of benzene rings is 2. The van der Waals surface area contributed by atoms with Crippen LogP contribution in [0.25, 0.3) is 16.7 Å². The molecule has 8 heteroatoms. The molecule has 3 heterocycles. The SMILES string of the molecule is Cc1cc(=O)c(C(=O)O)c2n1-c1ccc(Cl)cc1SC(c1ccc3nccnc3c1)C2. The molecule has 1 atom stereocenters. The number of fused-ring (bicyclic) bond motifs is 4. The lowest BCUT2D eigenvalue weighted by Gasteiger charge is -2.19. The minimum absolute atomic E-state index is 0.142. The number of carboxylic acid groups (broad SMARTS) is 1. The molecule has 2 aromatic carbocycles. The molecule has 154 valence electrons. The highest BCUT2D eigenvalue weighted by molar-refractivity contribution is 7.99. The number of rotatable bonds is 2. The third-order valence-electron chi connectivity index (χ3n) is 5.39. The third-order valence-corrected chi connectivity index (χ3v) is 6.93. The molecular weight excluding hydrogens is 434 g/mol. The van der Waals surface area contributed by atoms with E-state index < -0.39 is 11.4 Å². The van der Waals surface area contributed by atoms with Gasteiger partial charge in [-0.1, -0.05) is 17.7 Å². The Morgan fingerprint density at radius 3 is 2.68 bits per heavy atom. The molecule has 6 nitrogen and oxygen atoms in total. The van der Waals surface area contributed by atoms with Crippen LogP contribution in [0.15, 0.2) is 64.5 Å². The summed E-state index contributed by atoms with van der Waals surface area (Å²) in [5.41, 5.74) is 3.81. The second-order valence-electron chi connectivity index (χ2n) is 7.34. The van der Waals surface area contributed by atoms with E-state index in [1.807, 2.05) is 41.8 Å². The predicted octanol–water partition coefficient (Wildman–Crippen LogP) is 4.83. The highest BCUT2D eigenvalue weighted by Gasteiger charge is 2.29. The number of pyridine rings is 1. The van der Waals surface area contributed by atoms with Crippen molar-refractivity contribution >= 4 is 40.4 Å². The summed E-state index contributed by atoms with van der Waals surface area (Å²) in [4.78, 5) is 34.3. The van der Waals surface area contributed by atoms with Gasteiger partial charge in [0.25, 0.3) is 0 Å². The van der Waals surface area contributed by atoms with Crippen molar-refractivity contribution in [3.05, 3.63) is 92.6 Å². The topological polar surface area (TPSA) is 85.1 Å². The number of thioether (sulfide) groups is 1. The fourth-order valence-corrected chi connectivity index (χ4v) is 5.60. The lowest BCUT2D eigenvalue weighted by atomic mass is 10.0. The van der Waals surface area contributed by atoms with E-state index in [1.54, 1.807) is 30.2 Å². The quantitative estimate of drug-likeness (QED) is 0.471. The van der Waals surface area contributed by atoms with Gasteiger partial charge in [0.2, 0.25) is 0 Å². The van der Waals surface area contributed by atoms with Gasteiger partial charge < -0.3 is 9.67 Å². The average Bonchev–Trinajstić information content (AvgIpc) is 2.90. The number of halogens is 1. The summed E-state index contributed by atoms with van der Waals surface area (Å²) in [6, 6.07) is 12.7. The summed E-state index contributed by atoms with van der Waals surface area (Å²) in [5.74, 6) is -1.22. The Bertz CT molecular complexity index is 1430. The van der Waals surface area contributed by atoms with E-state index in [2.05, 4.69) is 9.97 Å². The molecule has 0 aliphatic carbocycles. The Balaban J connectivity index is 1.78. The monoisotopic (exact) mass is 449 g/mol. The summed E-state index contributed by atoms with van der Waals surface area (Å²) in [6.07, 6.45) is 3.65. The van der Waals surface area contributed by atoms with Crippen LogP contribution in [0.1, 0.15) is 32.6 Å². The van der Waals surface area contributed by atoms with Gasteiger partial charge in [0.1, 0.15) is 5.56 Å². The van der Waals surface area contributed by atoms with Crippen molar-refractivity contribution in [1.82, 2.24) is 14.5 Å². The summed E-state index contributed by atoms with van der Waals surface area (Å²) in [5, 5.41) is 10.3. The van der Waals surface area contributed by atoms with Gasteiger partial charge in [0, 0.05) is 51.4 Å². The zero-order valence-corrected chi connectivity index (χ0v) is 17.9. The van der Waals surface area contributed by atoms with Crippen LogP contribution >= 0.6 is 23.4 Å². The molecule has 0 saturated heterocycles. The molecule has 4 aromatic rings.